The minimum absolute atomic E-state index is 0.00975. The molecule has 0 radical (unpaired) electrons. The molecule has 1 amide bonds. The number of methoxy groups -OCH3 is 1. The highest BCUT2D eigenvalue weighted by atomic mass is 16.5. The number of ether oxygens (including phenoxy) is 1. The van der Waals surface area contributed by atoms with Gasteiger partial charge in [-0.3, -0.25) is 10.1 Å². The van der Waals surface area contributed by atoms with E-state index >= 15 is 0 Å². The standard InChI is InChI=1S/C15H30N2O2/c1-5-9-13-16-14(12(2)3)15(18)17(13)10-7-6-8-11-19-4/h12-14,16H,5-11H2,1-4H3. The summed E-state index contributed by atoms with van der Waals surface area (Å²) in [6.07, 6.45) is 5.68. The highest BCUT2D eigenvalue weighted by molar-refractivity contribution is 5.84. The lowest BCUT2D eigenvalue weighted by Crippen LogP contribution is -2.38. The first kappa shape index (κ1) is 16.4. The molecular formula is C15H30N2O2. The molecule has 1 rings (SSSR count). The van der Waals surface area contributed by atoms with Crippen LogP contribution in [0.5, 0.6) is 0 Å². The lowest BCUT2D eigenvalue weighted by atomic mass is 10.1. The van der Waals surface area contributed by atoms with E-state index in [1.807, 2.05) is 0 Å². The van der Waals surface area contributed by atoms with Gasteiger partial charge in [0.05, 0.1) is 12.2 Å². The monoisotopic (exact) mass is 270 g/mol. The van der Waals surface area contributed by atoms with Crippen LogP contribution in [0.1, 0.15) is 52.9 Å². The fraction of sp³-hybridized carbons (Fsp3) is 0.933. The molecule has 2 unspecified atom stereocenters. The summed E-state index contributed by atoms with van der Waals surface area (Å²) in [5.74, 6) is 0.658. The minimum atomic E-state index is 0.00975. The SMILES string of the molecule is CCCC1NC(C(C)C)C(=O)N1CCCCCOC. The fourth-order valence-electron chi connectivity index (χ4n) is 2.66. The van der Waals surface area contributed by atoms with E-state index < -0.39 is 0 Å². The first-order valence-corrected chi connectivity index (χ1v) is 7.67. The van der Waals surface area contributed by atoms with Crippen molar-refractivity contribution in [1.82, 2.24) is 10.2 Å². The number of hydrogen-bond acceptors (Lipinski definition) is 3. The summed E-state index contributed by atoms with van der Waals surface area (Å²) in [6, 6.07) is 0.00975. The van der Waals surface area contributed by atoms with Crippen molar-refractivity contribution in [2.75, 3.05) is 20.3 Å². The van der Waals surface area contributed by atoms with E-state index in [1.165, 1.54) is 0 Å². The highest BCUT2D eigenvalue weighted by Gasteiger charge is 2.39. The summed E-state index contributed by atoms with van der Waals surface area (Å²) in [5.41, 5.74) is 0. The van der Waals surface area contributed by atoms with Crippen molar-refractivity contribution in [2.45, 2.75) is 65.1 Å². The molecule has 4 nitrogen and oxygen atoms in total. The zero-order valence-corrected chi connectivity index (χ0v) is 12.9. The van der Waals surface area contributed by atoms with Crippen LogP contribution in [0.3, 0.4) is 0 Å². The summed E-state index contributed by atoms with van der Waals surface area (Å²) in [6.45, 7) is 8.09. The summed E-state index contributed by atoms with van der Waals surface area (Å²) >= 11 is 0. The van der Waals surface area contributed by atoms with Gasteiger partial charge in [0.25, 0.3) is 0 Å². The molecule has 0 bridgehead atoms. The largest absolute Gasteiger partial charge is 0.385 e. The van der Waals surface area contributed by atoms with Crippen LogP contribution in [0.4, 0.5) is 0 Å². The first-order chi connectivity index (χ1) is 9.11. The van der Waals surface area contributed by atoms with Gasteiger partial charge in [-0.15, -0.1) is 0 Å². The van der Waals surface area contributed by atoms with Crippen LogP contribution < -0.4 is 5.32 Å². The Balaban J connectivity index is 2.44. The maximum absolute atomic E-state index is 12.4. The number of amides is 1. The molecule has 1 aliphatic rings. The van der Waals surface area contributed by atoms with E-state index in [2.05, 4.69) is 31.0 Å². The number of nitrogens with one attached hydrogen (secondary N) is 1. The van der Waals surface area contributed by atoms with E-state index in [1.54, 1.807) is 7.11 Å². The van der Waals surface area contributed by atoms with Gasteiger partial charge in [0.2, 0.25) is 5.91 Å². The number of carbonyl (C=O) groups is 1. The average Bonchev–Trinajstić information content (AvgIpc) is 2.67. The zero-order valence-electron chi connectivity index (χ0n) is 12.9. The Morgan fingerprint density at radius 1 is 1.32 bits per heavy atom. The number of carbonyl (C=O) groups excluding carboxylic acids is 1. The quantitative estimate of drug-likeness (QED) is 0.654. The number of rotatable bonds is 9. The molecule has 2 atom stereocenters. The molecule has 1 aliphatic heterocycles. The van der Waals surface area contributed by atoms with Gasteiger partial charge >= 0.3 is 0 Å². The van der Waals surface area contributed by atoms with Crippen LogP contribution in [0.25, 0.3) is 0 Å². The van der Waals surface area contributed by atoms with Crippen molar-refractivity contribution in [1.29, 1.82) is 0 Å². The van der Waals surface area contributed by atoms with Gasteiger partial charge in [-0.1, -0.05) is 27.2 Å². The van der Waals surface area contributed by atoms with Crippen molar-refractivity contribution >= 4 is 5.91 Å². The van der Waals surface area contributed by atoms with Gasteiger partial charge in [0.1, 0.15) is 0 Å². The maximum Gasteiger partial charge on any atom is 0.241 e. The molecule has 4 heteroatoms. The smallest absolute Gasteiger partial charge is 0.241 e. The average molecular weight is 270 g/mol. The van der Waals surface area contributed by atoms with Crippen molar-refractivity contribution < 1.29 is 9.53 Å². The van der Waals surface area contributed by atoms with Crippen LogP contribution in [-0.2, 0) is 9.53 Å². The molecule has 112 valence electrons. The van der Waals surface area contributed by atoms with E-state index in [0.29, 0.717) is 11.8 Å². The fourth-order valence-corrected chi connectivity index (χ4v) is 2.66. The van der Waals surface area contributed by atoms with Gasteiger partial charge < -0.3 is 9.64 Å². The van der Waals surface area contributed by atoms with Crippen LogP contribution >= 0.6 is 0 Å². The predicted octanol–water partition coefficient (Wildman–Crippen LogP) is 2.39. The van der Waals surface area contributed by atoms with Gasteiger partial charge in [0.15, 0.2) is 0 Å². The summed E-state index contributed by atoms with van der Waals surface area (Å²) in [7, 11) is 1.73. The van der Waals surface area contributed by atoms with Crippen LogP contribution in [-0.4, -0.2) is 43.3 Å². The summed E-state index contributed by atoms with van der Waals surface area (Å²) in [4.78, 5) is 14.4. The molecule has 1 N–H and O–H groups in total. The lowest BCUT2D eigenvalue weighted by Gasteiger charge is -2.23. The summed E-state index contributed by atoms with van der Waals surface area (Å²) < 4.78 is 5.05. The second kappa shape index (κ2) is 8.54. The van der Waals surface area contributed by atoms with E-state index in [-0.39, 0.29) is 12.2 Å². The van der Waals surface area contributed by atoms with Gasteiger partial charge in [0, 0.05) is 20.3 Å². The second-order valence-corrected chi connectivity index (χ2v) is 5.78. The molecule has 0 aromatic carbocycles. The molecular weight excluding hydrogens is 240 g/mol. The Morgan fingerprint density at radius 3 is 2.63 bits per heavy atom. The number of unbranched alkanes of at least 4 members (excludes halogenated alkanes) is 2. The highest BCUT2D eigenvalue weighted by Crippen LogP contribution is 2.20. The minimum Gasteiger partial charge on any atom is -0.385 e. The normalized spacial score (nSPS) is 23.6. The Bertz CT molecular complexity index is 269. The second-order valence-electron chi connectivity index (χ2n) is 5.78. The third-order valence-corrected chi connectivity index (χ3v) is 3.77. The third-order valence-electron chi connectivity index (χ3n) is 3.77. The Labute approximate surface area is 117 Å². The van der Waals surface area contributed by atoms with Gasteiger partial charge in [-0.2, -0.15) is 0 Å². The topological polar surface area (TPSA) is 41.6 Å². The van der Waals surface area contributed by atoms with Crippen LogP contribution in [0, 0.1) is 5.92 Å². The van der Waals surface area contributed by atoms with Crippen LogP contribution in [0.15, 0.2) is 0 Å². The number of nitrogens with zero attached hydrogens (tertiary/aromatic N) is 1. The Kier molecular flexibility index (Phi) is 7.39. The molecule has 0 spiro atoms. The van der Waals surface area contributed by atoms with Gasteiger partial charge in [-0.25, -0.2) is 0 Å². The van der Waals surface area contributed by atoms with Crippen molar-refractivity contribution in [2.24, 2.45) is 5.92 Å². The van der Waals surface area contributed by atoms with E-state index in [0.717, 1.165) is 45.3 Å². The first-order valence-electron chi connectivity index (χ1n) is 7.67. The van der Waals surface area contributed by atoms with E-state index in [9.17, 15) is 4.79 Å². The maximum atomic E-state index is 12.4. The molecule has 1 saturated heterocycles. The van der Waals surface area contributed by atoms with E-state index in [4.69, 9.17) is 4.74 Å². The molecule has 0 saturated carbocycles. The molecule has 0 aromatic heterocycles. The molecule has 0 aliphatic carbocycles. The zero-order chi connectivity index (χ0) is 14.3. The lowest BCUT2D eigenvalue weighted by molar-refractivity contribution is -0.130. The number of hydrogen-bond donors (Lipinski definition) is 1. The van der Waals surface area contributed by atoms with Crippen LogP contribution in [0.2, 0.25) is 0 Å². The molecule has 0 aromatic rings. The summed E-state index contributed by atoms with van der Waals surface area (Å²) in [5, 5.41) is 3.49. The molecule has 19 heavy (non-hydrogen) atoms. The molecule has 1 fully saturated rings. The van der Waals surface area contributed by atoms with Crippen molar-refractivity contribution in [3.8, 4) is 0 Å². The third kappa shape index (κ3) is 4.77. The Morgan fingerprint density at radius 2 is 2.05 bits per heavy atom. The predicted molar refractivity (Wildman–Crippen MR) is 77.9 cm³/mol. The van der Waals surface area contributed by atoms with Crippen molar-refractivity contribution in [3.05, 3.63) is 0 Å². The van der Waals surface area contributed by atoms with Crippen molar-refractivity contribution in [3.63, 3.8) is 0 Å². The molecule has 1 heterocycles. The van der Waals surface area contributed by atoms with Gasteiger partial charge in [-0.05, 0) is 31.6 Å². The Hall–Kier alpha value is -0.610.